The molecule has 0 aromatic heterocycles. The van der Waals surface area contributed by atoms with Gasteiger partial charge in [0.25, 0.3) is 0 Å². The summed E-state index contributed by atoms with van der Waals surface area (Å²) in [6, 6.07) is 6.38. The number of rotatable bonds is 6. The molecule has 23 heavy (non-hydrogen) atoms. The lowest BCUT2D eigenvalue weighted by Crippen LogP contribution is -2.18. The first-order valence-corrected chi connectivity index (χ1v) is 8.72. The first-order valence-electron chi connectivity index (χ1n) is 7.24. The van der Waals surface area contributed by atoms with Crippen LogP contribution in [-0.2, 0) is 19.4 Å². The molecule has 0 saturated carbocycles. The van der Waals surface area contributed by atoms with E-state index in [2.05, 4.69) is 0 Å². The fraction of sp³-hybridized carbons (Fsp3) is 0.353. The molecule has 0 amide bonds. The summed E-state index contributed by atoms with van der Waals surface area (Å²) in [5, 5.41) is 0. The first-order chi connectivity index (χ1) is 10.7. The Hall–Kier alpha value is -2.08. The Balaban J connectivity index is 3.47. The molecule has 1 rings (SSSR count). The van der Waals surface area contributed by atoms with Crippen molar-refractivity contribution in [2.24, 2.45) is 0 Å². The van der Waals surface area contributed by atoms with Gasteiger partial charge in [-0.2, -0.15) is 0 Å². The van der Waals surface area contributed by atoms with Crippen LogP contribution in [-0.4, -0.2) is 40.0 Å². The predicted octanol–water partition coefficient (Wildman–Crippen LogP) is 2.68. The summed E-state index contributed by atoms with van der Waals surface area (Å²) < 4.78 is 30.6. The van der Waals surface area contributed by atoms with Crippen molar-refractivity contribution in [3.05, 3.63) is 52.6 Å². The normalized spacial score (nSPS) is 12.9. The van der Waals surface area contributed by atoms with E-state index in [0.29, 0.717) is 5.57 Å². The molecule has 0 unspecified atom stereocenters. The Morgan fingerprint density at radius 3 is 2.26 bits per heavy atom. The fourth-order valence-corrected chi connectivity index (χ4v) is 3.35. The summed E-state index contributed by atoms with van der Waals surface area (Å²) in [5.74, 6) is -0.839. The lowest BCUT2D eigenvalue weighted by atomic mass is 10.2. The Labute approximate surface area is 138 Å². The van der Waals surface area contributed by atoms with Crippen molar-refractivity contribution in [3.63, 3.8) is 0 Å². The summed E-state index contributed by atoms with van der Waals surface area (Å²) in [7, 11) is -0.335. The molecule has 1 aromatic rings. The Morgan fingerprint density at radius 2 is 1.78 bits per heavy atom. The van der Waals surface area contributed by atoms with Gasteiger partial charge in [0, 0.05) is 14.1 Å². The molecular formula is C17H23NO4S. The first kappa shape index (κ1) is 19.0. The van der Waals surface area contributed by atoms with Crippen molar-refractivity contribution in [2.45, 2.75) is 25.7 Å². The number of allylic oxidation sites excluding steroid dienone is 2. The molecule has 1 aromatic carbocycles. The van der Waals surface area contributed by atoms with Crippen molar-refractivity contribution in [2.75, 3.05) is 20.7 Å². The summed E-state index contributed by atoms with van der Waals surface area (Å²) in [6.45, 7) is 5.19. The predicted molar refractivity (Wildman–Crippen MR) is 90.5 cm³/mol. The highest BCUT2D eigenvalue weighted by Crippen LogP contribution is 2.24. The van der Waals surface area contributed by atoms with Crippen molar-refractivity contribution in [1.29, 1.82) is 0 Å². The van der Waals surface area contributed by atoms with Gasteiger partial charge in [0.1, 0.15) is 0 Å². The largest absolute Gasteiger partial charge is 0.462 e. The lowest BCUT2D eigenvalue weighted by Gasteiger charge is -2.12. The van der Waals surface area contributed by atoms with E-state index in [1.54, 1.807) is 43.2 Å². The van der Waals surface area contributed by atoms with E-state index < -0.39 is 15.8 Å². The molecule has 6 heteroatoms. The monoisotopic (exact) mass is 337 g/mol. The van der Waals surface area contributed by atoms with Gasteiger partial charge in [-0.05, 0) is 50.8 Å². The highest BCUT2D eigenvalue weighted by atomic mass is 32.2. The number of benzene rings is 1. The zero-order valence-electron chi connectivity index (χ0n) is 14.2. The molecule has 0 aliphatic carbocycles. The summed E-state index contributed by atoms with van der Waals surface area (Å²) in [5.41, 5.74) is 1.27. The maximum Gasteiger partial charge on any atom is 0.350 e. The SMILES string of the molecule is CCOC(=O)C(=C(C)C=CN(C)C)S(=O)(=O)c1ccc(C)cc1. The molecule has 126 valence electrons. The van der Waals surface area contributed by atoms with Gasteiger partial charge in [0.2, 0.25) is 9.84 Å². The molecule has 0 heterocycles. The van der Waals surface area contributed by atoms with Gasteiger partial charge >= 0.3 is 5.97 Å². The van der Waals surface area contributed by atoms with Crippen LogP contribution in [0.15, 0.2) is 51.9 Å². The number of hydrogen-bond donors (Lipinski definition) is 0. The minimum Gasteiger partial charge on any atom is -0.462 e. The highest BCUT2D eigenvalue weighted by Gasteiger charge is 2.29. The van der Waals surface area contributed by atoms with Crippen LogP contribution in [0.3, 0.4) is 0 Å². The average molecular weight is 337 g/mol. The third-order valence-electron chi connectivity index (χ3n) is 3.04. The second kappa shape index (κ2) is 7.97. The van der Waals surface area contributed by atoms with Gasteiger partial charge in [-0.1, -0.05) is 17.7 Å². The van der Waals surface area contributed by atoms with Crippen LogP contribution in [0.5, 0.6) is 0 Å². The number of nitrogens with zero attached hydrogens (tertiary/aromatic N) is 1. The topological polar surface area (TPSA) is 63.7 Å². The summed E-state index contributed by atoms with van der Waals surface area (Å²) >= 11 is 0. The van der Waals surface area contributed by atoms with Crippen LogP contribution in [0.1, 0.15) is 19.4 Å². The summed E-state index contributed by atoms with van der Waals surface area (Å²) in [4.78, 5) is 13.7. The van der Waals surface area contributed by atoms with E-state index in [4.69, 9.17) is 4.74 Å². The van der Waals surface area contributed by atoms with Gasteiger partial charge in [-0.3, -0.25) is 0 Å². The van der Waals surface area contributed by atoms with E-state index in [1.165, 1.54) is 12.1 Å². The third-order valence-corrected chi connectivity index (χ3v) is 4.96. The number of aryl methyl sites for hydroxylation is 1. The standard InChI is InChI=1S/C17H23NO4S/c1-6-22-17(19)16(14(3)11-12-18(4)5)23(20,21)15-9-7-13(2)8-10-15/h7-12H,6H2,1-5H3. The minimum atomic E-state index is -3.95. The lowest BCUT2D eigenvalue weighted by molar-refractivity contribution is -0.137. The van der Waals surface area contributed by atoms with E-state index in [1.807, 2.05) is 21.0 Å². The molecule has 0 spiro atoms. The number of esters is 1. The second-order valence-electron chi connectivity index (χ2n) is 5.33. The highest BCUT2D eigenvalue weighted by molar-refractivity contribution is 7.96. The summed E-state index contributed by atoms with van der Waals surface area (Å²) in [6.07, 6.45) is 3.26. The van der Waals surface area contributed by atoms with E-state index in [-0.39, 0.29) is 16.4 Å². The smallest absolute Gasteiger partial charge is 0.350 e. The molecule has 0 aliphatic heterocycles. The molecule has 5 nitrogen and oxygen atoms in total. The van der Waals surface area contributed by atoms with Crippen LogP contribution in [0, 0.1) is 6.92 Å². The number of sulfone groups is 1. The quantitative estimate of drug-likeness (QED) is 0.454. The van der Waals surface area contributed by atoms with E-state index in [9.17, 15) is 13.2 Å². The maximum atomic E-state index is 12.8. The van der Waals surface area contributed by atoms with Crippen LogP contribution >= 0.6 is 0 Å². The fourth-order valence-electron chi connectivity index (χ4n) is 1.85. The van der Waals surface area contributed by atoms with Gasteiger partial charge < -0.3 is 9.64 Å². The third kappa shape index (κ3) is 4.96. The molecule has 0 fully saturated rings. The molecule has 0 bridgehead atoms. The maximum absolute atomic E-state index is 12.8. The number of carbonyl (C=O) groups is 1. The van der Waals surface area contributed by atoms with Crippen molar-refractivity contribution in [1.82, 2.24) is 4.90 Å². The number of hydrogen-bond acceptors (Lipinski definition) is 5. The Kier molecular flexibility index (Phi) is 6.57. The van der Waals surface area contributed by atoms with Crippen molar-refractivity contribution in [3.8, 4) is 0 Å². The van der Waals surface area contributed by atoms with Gasteiger partial charge in [0.15, 0.2) is 4.91 Å². The van der Waals surface area contributed by atoms with Crippen LogP contribution in [0.25, 0.3) is 0 Å². The number of carbonyl (C=O) groups excluding carboxylic acids is 1. The zero-order valence-corrected chi connectivity index (χ0v) is 15.0. The second-order valence-corrected chi connectivity index (χ2v) is 7.21. The van der Waals surface area contributed by atoms with E-state index in [0.717, 1.165) is 5.56 Å². The average Bonchev–Trinajstić information content (AvgIpc) is 2.45. The van der Waals surface area contributed by atoms with Crippen LogP contribution in [0.2, 0.25) is 0 Å². The molecular weight excluding hydrogens is 314 g/mol. The molecule has 0 N–H and O–H groups in total. The Morgan fingerprint density at radius 1 is 1.22 bits per heavy atom. The van der Waals surface area contributed by atoms with Crippen molar-refractivity contribution < 1.29 is 17.9 Å². The van der Waals surface area contributed by atoms with Gasteiger partial charge in [-0.25, -0.2) is 13.2 Å². The number of ether oxygens (including phenoxy) is 1. The molecule has 0 radical (unpaired) electrons. The minimum absolute atomic E-state index is 0.0729. The zero-order chi connectivity index (χ0) is 17.6. The molecule has 0 saturated heterocycles. The van der Waals surface area contributed by atoms with Crippen LogP contribution < -0.4 is 0 Å². The van der Waals surface area contributed by atoms with Gasteiger partial charge in [0.05, 0.1) is 11.5 Å². The van der Waals surface area contributed by atoms with E-state index >= 15 is 0 Å². The molecule has 0 atom stereocenters. The van der Waals surface area contributed by atoms with Crippen LogP contribution in [0.4, 0.5) is 0 Å². The van der Waals surface area contributed by atoms with Crippen molar-refractivity contribution >= 4 is 15.8 Å². The van der Waals surface area contributed by atoms with Gasteiger partial charge in [-0.15, -0.1) is 0 Å². The Bertz CT molecular complexity index is 713. The molecule has 0 aliphatic rings.